The summed E-state index contributed by atoms with van der Waals surface area (Å²) >= 11 is 1.45. The van der Waals surface area contributed by atoms with Crippen molar-refractivity contribution >= 4 is 56.8 Å². The summed E-state index contributed by atoms with van der Waals surface area (Å²) < 4.78 is 15.4. The van der Waals surface area contributed by atoms with E-state index in [1.807, 2.05) is 49.4 Å². The van der Waals surface area contributed by atoms with Gasteiger partial charge in [0.2, 0.25) is 5.91 Å². The predicted octanol–water partition coefficient (Wildman–Crippen LogP) is 7.72. The van der Waals surface area contributed by atoms with Crippen LogP contribution in [0.15, 0.2) is 95.9 Å². The lowest BCUT2D eigenvalue weighted by Crippen LogP contribution is -2.24. The van der Waals surface area contributed by atoms with Crippen LogP contribution in [-0.4, -0.2) is 21.6 Å². The first-order valence-corrected chi connectivity index (χ1v) is 13.5. The van der Waals surface area contributed by atoms with Crippen molar-refractivity contribution in [1.29, 1.82) is 0 Å². The van der Waals surface area contributed by atoms with E-state index in [1.165, 1.54) is 46.9 Å². The number of thioether (sulfide) groups is 1. The zero-order valence-electron chi connectivity index (χ0n) is 21.2. The Labute approximate surface area is 225 Å². The fraction of sp³-hybridized carbons (Fsp3) is 0.161. The molecule has 0 radical (unpaired) electrons. The fourth-order valence-corrected chi connectivity index (χ4v) is 5.65. The van der Waals surface area contributed by atoms with Crippen LogP contribution >= 0.6 is 11.8 Å². The molecule has 192 valence electrons. The lowest BCUT2D eigenvalue weighted by atomic mass is 10.1. The Balaban J connectivity index is 1.30. The quantitative estimate of drug-likeness (QED) is 0.204. The van der Waals surface area contributed by atoms with Gasteiger partial charge in [0.25, 0.3) is 5.91 Å². The number of hydrogen-bond acceptors (Lipinski definition) is 3. The molecule has 5 aromatic rings. The minimum atomic E-state index is -0.392. The molecule has 1 aromatic heterocycles. The molecule has 0 fully saturated rings. The Bertz CT molecular complexity index is 1630. The molecule has 0 aliphatic heterocycles. The van der Waals surface area contributed by atoms with Gasteiger partial charge in [-0.1, -0.05) is 31.2 Å². The molecule has 4 aromatic carbocycles. The second kappa shape index (κ2) is 11.1. The van der Waals surface area contributed by atoms with Crippen LogP contribution in [0.4, 0.5) is 15.8 Å². The van der Waals surface area contributed by atoms with Gasteiger partial charge >= 0.3 is 0 Å². The van der Waals surface area contributed by atoms with E-state index in [2.05, 4.69) is 40.3 Å². The normalized spacial score (nSPS) is 12.0. The van der Waals surface area contributed by atoms with Crippen molar-refractivity contribution in [2.75, 3.05) is 10.6 Å². The minimum absolute atomic E-state index is 0.0724. The Morgan fingerprint density at radius 2 is 1.55 bits per heavy atom. The Morgan fingerprint density at radius 3 is 2.32 bits per heavy atom. The number of nitrogens with zero attached hydrogens (tertiary/aromatic N) is 1. The smallest absolute Gasteiger partial charge is 0.255 e. The first-order valence-electron chi connectivity index (χ1n) is 12.6. The van der Waals surface area contributed by atoms with Gasteiger partial charge in [0.1, 0.15) is 5.82 Å². The summed E-state index contributed by atoms with van der Waals surface area (Å²) in [7, 11) is 0. The largest absolute Gasteiger partial charge is 0.341 e. The highest BCUT2D eigenvalue weighted by Gasteiger charge is 2.19. The third-order valence-corrected chi connectivity index (χ3v) is 7.85. The zero-order valence-corrected chi connectivity index (χ0v) is 22.0. The van der Waals surface area contributed by atoms with Crippen LogP contribution < -0.4 is 10.6 Å². The number of halogens is 1. The van der Waals surface area contributed by atoms with Gasteiger partial charge in [-0.3, -0.25) is 9.59 Å². The molecule has 5 nitrogen and oxygen atoms in total. The number of carbonyl (C=O) groups excluding carboxylic acids is 2. The lowest BCUT2D eigenvalue weighted by molar-refractivity contribution is -0.115. The highest BCUT2D eigenvalue weighted by molar-refractivity contribution is 8.00. The number of nitrogens with one attached hydrogen (secondary N) is 2. The van der Waals surface area contributed by atoms with Crippen molar-refractivity contribution in [3.63, 3.8) is 0 Å². The summed E-state index contributed by atoms with van der Waals surface area (Å²) in [6.45, 7) is 4.98. The summed E-state index contributed by atoms with van der Waals surface area (Å²) in [6, 6.07) is 27.2. The van der Waals surface area contributed by atoms with Crippen molar-refractivity contribution in [3.8, 4) is 0 Å². The first kappa shape index (κ1) is 25.5. The van der Waals surface area contributed by atoms with Crippen LogP contribution in [0.25, 0.3) is 21.8 Å². The second-order valence-corrected chi connectivity index (χ2v) is 10.3. The monoisotopic (exact) mass is 525 g/mol. The van der Waals surface area contributed by atoms with Gasteiger partial charge in [0, 0.05) is 50.2 Å². The van der Waals surface area contributed by atoms with Gasteiger partial charge in [-0.15, -0.1) is 11.8 Å². The highest BCUT2D eigenvalue weighted by atomic mass is 32.2. The Hall–Kier alpha value is -4.10. The average Bonchev–Trinajstić information content (AvgIpc) is 3.25. The van der Waals surface area contributed by atoms with Gasteiger partial charge in [0.05, 0.1) is 5.25 Å². The highest BCUT2D eigenvalue weighted by Crippen LogP contribution is 2.32. The summed E-state index contributed by atoms with van der Waals surface area (Å²) in [5, 5.41) is 7.91. The summed E-state index contributed by atoms with van der Waals surface area (Å²) in [4.78, 5) is 26.6. The number of fused-ring (bicyclic) bond motifs is 3. The van der Waals surface area contributed by atoms with Gasteiger partial charge in [-0.05, 0) is 80.1 Å². The van der Waals surface area contributed by atoms with Crippen LogP contribution in [0.3, 0.4) is 0 Å². The molecule has 1 atom stereocenters. The fourth-order valence-electron chi connectivity index (χ4n) is 4.63. The molecule has 1 heterocycles. The van der Waals surface area contributed by atoms with Crippen molar-refractivity contribution in [1.82, 2.24) is 4.57 Å². The van der Waals surface area contributed by atoms with E-state index in [9.17, 15) is 14.0 Å². The number of anilines is 2. The molecule has 7 heteroatoms. The molecule has 38 heavy (non-hydrogen) atoms. The first-order chi connectivity index (χ1) is 18.5. The van der Waals surface area contributed by atoms with Crippen molar-refractivity contribution in [2.45, 2.75) is 37.0 Å². The van der Waals surface area contributed by atoms with E-state index in [-0.39, 0.29) is 17.1 Å². The standard InChI is InChI=1S/C31H28FN3O2S/c1-3-29(38-24-9-7-8-22(18-24)33-30(36)20-12-14-21(32)15-13-20)31(37)34-23-16-17-28-26(19-23)25-10-5-6-11-27(25)35(28)4-2/h5-19,29H,3-4H2,1-2H3,(H,33,36)(H,34,37). The van der Waals surface area contributed by atoms with Gasteiger partial charge < -0.3 is 15.2 Å². The van der Waals surface area contributed by atoms with Crippen LogP contribution in [0.1, 0.15) is 30.6 Å². The number of amides is 2. The molecule has 2 N–H and O–H groups in total. The zero-order chi connectivity index (χ0) is 26.6. The Morgan fingerprint density at radius 1 is 0.816 bits per heavy atom. The van der Waals surface area contributed by atoms with E-state index < -0.39 is 5.82 Å². The van der Waals surface area contributed by atoms with Gasteiger partial charge in [-0.25, -0.2) is 4.39 Å². The van der Waals surface area contributed by atoms with E-state index in [0.717, 1.165) is 28.0 Å². The molecular weight excluding hydrogens is 497 g/mol. The number of benzene rings is 4. The van der Waals surface area contributed by atoms with E-state index in [4.69, 9.17) is 0 Å². The van der Waals surface area contributed by atoms with Gasteiger partial charge in [-0.2, -0.15) is 0 Å². The van der Waals surface area contributed by atoms with Crippen LogP contribution in [-0.2, 0) is 11.3 Å². The molecule has 0 saturated heterocycles. The molecule has 1 unspecified atom stereocenters. The topological polar surface area (TPSA) is 63.1 Å². The third kappa shape index (κ3) is 5.29. The number of aromatic nitrogens is 1. The number of rotatable bonds is 8. The molecule has 0 saturated carbocycles. The number of aryl methyl sites for hydroxylation is 1. The molecule has 5 rings (SSSR count). The van der Waals surface area contributed by atoms with Crippen LogP contribution in [0.2, 0.25) is 0 Å². The lowest BCUT2D eigenvalue weighted by Gasteiger charge is -2.16. The van der Waals surface area contributed by atoms with Crippen LogP contribution in [0.5, 0.6) is 0 Å². The van der Waals surface area contributed by atoms with E-state index in [0.29, 0.717) is 17.7 Å². The summed E-state index contributed by atoms with van der Waals surface area (Å²) in [5.74, 6) is -0.787. The molecular formula is C31H28FN3O2S. The minimum Gasteiger partial charge on any atom is -0.341 e. The Kier molecular flexibility index (Phi) is 7.47. The maximum absolute atomic E-state index is 13.2. The predicted molar refractivity (Wildman–Crippen MR) is 154 cm³/mol. The number of para-hydroxylation sites is 1. The molecule has 0 spiro atoms. The third-order valence-electron chi connectivity index (χ3n) is 6.50. The molecule has 0 bridgehead atoms. The molecule has 0 aliphatic carbocycles. The number of carbonyl (C=O) groups is 2. The van der Waals surface area contributed by atoms with Crippen LogP contribution in [0, 0.1) is 5.82 Å². The van der Waals surface area contributed by atoms with Crippen molar-refractivity contribution in [3.05, 3.63) is 102 Å². The molecule has 2 amide bonds. The van der Waals surface area contributed by atoms with Gasteiger partial charge in [0.15, 0.2) is 0 Å². The van der Waals surface area contributed by atoms with Crippen molar-refractivity contribution < 1.29 is 14.0 Å². The van der Waals surface area contributed by atoms with E-state index in [1.54, 1.807) is 6.07 Å². The number of hydrogen-bond donors (Lipinski definition) is 2. The maximum Gasteiger partial charge on any atom is 0.255 e. The SMILES string of the molecule is CCC(Sc1cccc(NC(=O)c2ccc(F)cc2)c1)C(=O)Nc1ccc2c(c1)c1ccccc1n2CC. The van der Waals surface area contributed by atoms with Crippen molar-refractivity contribution in [2.24, 2.45) is 0 Å². The molecule has 0 aliphatic rings. The second-order valence-electron chi connectivity index (χ2n) is 8.99. The summed E-state index contributed by atoms with van der Waals surface area (Å²) in [6.07, 6.45) is 0.639. The summed E-state index contributed by atoms with van der Waals surface area (Å²) in [5.41, 5.74) is 4.07. The maximum atomic E-state index is 13.2. The average molecular weight is 526 g/mol. The van der Waals surface area contributed by atoms with E-state index >= 15 is 0 Å².